The number of anilines is 1. The highest BCUT2D eigenvalue weighted by Gasteiger charge is 2.06. The van der Waals surface area contributed by atoms with Gasteiger partial charge in [0.25, 0.3) is 0 Å². The number of benzene rings is 2. The van der Waals surface area contributed by atoms with Crippen molar-refractivity contribution < 1.29 is 4.79 Å². The van der Waals surface area contributed by atoms with Crippen molar-refractivity contribution in [1.29, 1.82) is 0 Å². The maximum atomic E-state index is 11.0. The van der Waals surface area contributed by atoms with E-state index in [0.29, 0.717) is 22.2 Å². The predicted molar refractivity (Wildman–Crippen MR) is 83.5 cm³/mol. The van der Waals surface area contributed by atoms with E-state index in [9.17, 15) is 4.79 Å². The molecule has 0 atom stereocenters. The van der Waals surface area contributed by atoms with E-state index in [1.165, 1.54) is 0 Å². The summed E-state index contributed by atoms with van der Waals surface area (Å²) in [5, 5.41) is 4.45. The Morgan fingerprint density at radius 2 is 1.90 bits per heavy atom. The van der Waals surface area contributed by atoms with Crippen molar-refractivity contribution in [3.05, 3.63) is 63.1 Å². The van der Waals surface area contributed by atoms with Crippen LogP contribution in [0.15, 0.2) is 36.4 Å². The van der Waals surface area contributed by atoms with E-state index in [1.807, 2.05) is 25.1 Å². The molecular formula is C15H14Cl2N2O. The van der Waals surface area contributed by atoms with Gasteiger partial charge < -0.3 is 11.1 Å². The van der Waals surface area contributed by atoms with Crippen LogP contribution in [0, 0.1) is 6.92 Å². The molecule has 5 heteroatoms. The zero-order chi connectivity index (χ0) is 14.7. The number of aryl methyl sites for hydroxylation is 1. The van der Waals surface area contributed by atoms with E-state index in [1.54, 1.807) is 18.2 Å². The molecule has 0 fully saturated rings. The first-order valence-corrected chi connectivity index (χ1v) is 6.81. The minimum absolute atomic E-state index is 0.400. The minimum Gasteiger partial charge on any atom is -0.381 e. The Morgan fingerprint density at radius 3 is 2.50 bits per heavy atom. The van der Waals surface area contributed by atoms with E-state index in [0.717, 1.165) is 16.8 Å². The van der Waals surface area contributed by atoms with Crippen molar-refractivity contribution >= 4 is 34.8 Å². The number of hydrogen-bond donors (Lipinski definition) is 2. The summed E-state index contributed by atoms with van der Waals surface area (Å²) in [7, 11) is 0. The molecule has 0 saturated carbocycles. The van der Waals surface area contributed by atoms with Crippen LogP contribution < -0.4 is 11.1 Å². The summed E-state index contributed by atoms with van der Waals surface area (Å²) in [5.74, 6) is -0.489. The highest BCUT2D eigenvalue weighted by atomic mass is 35.5. The number of nitrogens with one attached hydrogen (secondary N) is 1. The molecule has 0 spiro atoms. The molecule has 0 unspecified atom stereocenters. The molecule has 20 heavy (non-hydrogen) atoms. The van der Waals surface area contributed by atoms with Gasteiger partial charge in [-0.15, -0.1) is 0 Å². The van der Waals surface area contributed by atoms with Crippen LogP contribution in [0.3, 0.4) is 0 Å². The Balaban J connectivity index is 2.10. The average molecular weight is 309 g/mol. The van der Waals surface area contributed by atoms with Gasteiger partial charge in [-0.1, -0.05) is 35.3 Å². The smallest absolute Gasteiger partial charge is 0.248 e. The molecule has 0 aliphatic carbocycles. The van der Waals surface area contributed by atoms with Crippen molar-refractivity contribution in [3.8, 4) is 0 Å². The summed E-state index contributed by atoms with van der Waals surface area (Å²) in [6.45, 7) is 2.49. The summed E-state index contributed by atoms with van der Waals surface area (Å²) in [4.78, 5) is 11.0. The molecule has 0 aliphatic rings. The van der Waals surface area contributed by atoms with Gasteiger partial charge in [0.05, 0.1) is 0 Å². The van der Waals surface area contributed by atoms with Crippen molar-refractivity contribution in [2.75, 3.05) is 5.32 Å². The molecule has 0 heterocycles. The topological polar surface area (TPSA) is 55.1 Å². The van der Waals surface area contributed by atoms with Crippen LogP contribution in [0.2, 0.25) is 10.0 Å². The summed E-state index contributed by atoms with van der Waals surface area (Å²) >= 11 is 12.2. The van der Waals surface area contributed by atoms with E-state index < -0.39 is 5.91 Å². The van der Waals surface area contributed by atoms with Gasteiger partial charge in [0.1, 0.15) is 0 Å². The van der Waals surface area contributed by atoms with Crippen LogP contribution in [0.1, 0.15) is 21.5 Å². The largest absolute Gasteiger partial charge is 0.381 e. The van der Waals surface area contributed by atoms with Crippen LogP contribution in [0.5, 0.6) is 0 Å². The normalized spacial score (nSPS) is 10.3. The van der Waals surface area contributed by atoms with Gasteiger partial charge >= 0.3 is 0 Å². The zero-order valence-electron chi connectivity index (χ0n) is 10.9. The highest BCUT2D eigenvalue weighted by Crippen LogP contribution is 2.22. The Bertz CT molecular complexity index is 656. The highest BCUT2D eigenvalue weighted by molar-refractivity contribution is 6.32. The SMILES string of the molecule is Cc1ccc(NCc2ccc(C(N)=O)cc2Cl)cc1Cl. The Morgan fingerprint density at radius 1 is 1.15 bits per heavy atom. The van der Waals surface area contributed by atoms with Gasteiger partial charge in [-0.3, -0.25) is 4.79 Å². The summed E-state index contributed by atoms with van der Waals surface area (Å²) in [6, 6.07) is 10.8. The fourth-order valence-corrected chi connectivity index (χ4v) is 2.17. The molecule has 0 saturated heterocycles. The molecule has 0 bridgehead atoms. The van der Waals surface area contributed by atoms with E-state index in [4.69, 9.17) is 28.9 Å². The predicted octanol–water partition coefficient (Wildman–Crippen LogP) is 4.01. The lowest BCUT2D eigenvalue weighted by molar-refractivity contribution is 0.100. The van der Waals surface area contributed by atoms with Crippen LogP contribution in [-0.2, 0) is 6.54 Å². The van der Waals surface area contributed by atoms with Crippen LogP contribution >= 0.6 is 23.2 Å². The first-order valence-electron chi connectivity index (χ1n) is 6.05. The first-order chi connectivity index (χ1) is 9.47. The molecular weight excluding hydrogens is 295 g/mol. The van der Waals surface area contributed by atoms with E-state index in [-0.39, 0.29) is 0 Å². The second kappa shape index (κ2) is 6.16. The number of primary amides is 1. The molecule has 1 amide bonds. The van der Waals surface area contributed by atoms with Crippen molar-refractivity contribution in [2.45, 2.75) is 13.5 Å². The van der Waals surface area contributed by atoms with Gasteiger partial charge in [0.15, 0.2) is 0 Å². The molecule has 0 aromatic heterocycles. The van der Waals surface area contributed by atoms with Gasteiger partial charge in [-0.25, -0.2) is 0 Å². The maximum absolute atomic E-state index is 11.0. The van der Waals surface area contributed by atoms with Crippen LogP contribution in [-0.4, -0.2) is 5.91 Å². The monoisotopic (exact) mass is 308 g/mol. The fourth-order valence-electron chi connectivity index (χ4n) is 1.74. The van der Waals surface area contributed by atoms with E-state index in [2.05, 4.69) is 5.32 Å². The molecule has 3 nitrogen and oxygen atoms in total. The van der Waals surface area contributed by atoms with Gasteiger partial charge in [-0.2, -0.15) is 0 Å². The van der Waals surface area contributed by atoms with Gasteiger partial charge in [0.2, 0.25) is 5.91 Å². The molecule has 2 aromatic carbocycles. The number of halogens is 2. The quantitative estimate of drug-likeness (QED) is 0.896. The lowest BCUT2D eigenvalue weighted by Crippen LogP contribution is -2.11. The third-order valence-corrected chi connectivity index (χ3v) is 3.75. The average Bonchev–Trinajstić information content (AvgIpc) is 2.41. The Kier molecular flexibility index (Phi) is 4.53. The molecule has 0 aliphatic heterocycles. The lowest BCUT2D eigenvalue weighted by Gasteiger charge is -2.10. The standard InChI is InChI=1S/C15H14Cl2N2O/c1-9-2-5-12(7-13(9)16)19-8-11-4-3-10(15(18)20)6-14(11)17/h2-7,19H,8H2,1H3,(H2,18,20). The second-order valence-corrected chi connectivity index (χ2v) is 5.30. The fraction of sp³-hybridized carbons (Fsp3) is 0.133. The Labute approximate surface area is 127 Å². The van der Waals surface area contributed by atoms with Crippen molar-refractivity contribution in [2.24, 2.45) is 5.73 Å². The van der Waals surface area contributed by atoms with Crippen molar-refractivity contribution in [3.63, 3.8) is 0 Å². The molecule has 104 valence electrons. The number of rotatable bonds is 4. The minimum atomic E-state index is -0.489. The second-order valence-electron chi connectivity index (χ2n) is 4.49. The van der Waals surface area contributed by atoms with Gasteiger partial charge in [0, 0.05) is 27.8 Å². The molecule has 0 radical (unpaired) electrons. The third kappa shape index (κ3) is 3.44. The Hall–Kier alpha value is -1.71. The molecule has 2 rings (SSSR count). The zero-order valence-corrected chi connectivity index (χ0v) is 12.4. The van der Waals surface area contributed by atoms with Gasteiger partial charge in [-0.05, 0) is 42.3 Å². The summed E-state index contributed by atoms with van der Waals surface area (Å²) in [5.41, 5.74) is 8.42. The number of nitrogens with two attached hydrogens (primary N) is 1. The molecule has 2 aromatic rings. The van der Waals surface area contributed by atoms with Crippen LogP contribution in [0.25, 0.3) is 0 Å². The first kappa shape index (κ1) is 14.7. The molecule has 3 N–H and O–H groups in total. The summed E-state index contributed by atoms with van der Waals surface area (Å²) in [6.07, 6.45) is 0. The van der Waals surface area contributed by atoms with E-state index >= 15 is 0 Å². The number of amides is 1. The number of carbonyl (C=O) groups is 1. The number of carbonyl (C=O) groups excluding carboxylic acids is 1. The maximum Gasteiger partial charge on any atom is 0.248 e. The third-order valence-electron chi connectivity index (χ3n) is 2.99. The van der Waals surface area contributed by atoms with Crippen LogP contribution in [0.4, 0.5) is 5.69 Å². The number of hydrogen-bond acceptors (Lipinski definition) is 2. The van der Waals surface area contributed by atoms with Crippen molar-refractivity contribution in [1.82, 2.24) is 0 Å². The lowest BCUT2D eigenvalue weighted by atomic mass is 10.1. The summed E-state index contributed by atoms with van der Waals surface area (Å²) < 4.78 is 0.